The quantitative estimate of drug-likeness (QED) is 0.447. The maximum Gasteiger partial charge on any atom is 0.223 e. The van der Waals surface area contributed by atoms with Crippen molar-refractivity contribution >= 4 is 44.2 Å². The Morgan fingerprint density at radius 3 is 2.53 bits per heavy atom. The zero-order chi connectivity index (χ0) is 20.5. The summed E-state index contributed by atoms with van der Waals surface area (Å²) in [6.45, 7) is 3.06. The first-order valence-electron chi connectivity index (χ1n) is 10.3. The SMILES string of the molecule is O=C(CCc1ccccc1)N1CCN(c2nc3cc(Br)ccc3n3cccc23)CC1. The minimum absolute atomic E-state index is 0.238. The number of hydrogen-bond donors (Lipinski definition) is 0. The number of hydrogen-bond acceptors (Lipinski definition) is 3. The van der Waals surface area contributed by atoms with E-state index >= 15 is 0 Å². The highest BCUT2D eigenvalue weighted by atomic mass is 79.9. The predicted molar refractivity (Wildman–Crippen MR) is 124 cm³/mol. The Morgan fingerprint density at radius 2 is 1.73 bits per heavy atom. The van der Waals surface area contributed by atoms with Gasteiger partial charge in [-0.25, -0.2) is 4.98 Å². The first-order chi connectivity index (χ1) is 14.7. The fraction of sp³-hybridized carbons (Fsp3) is 0.250. The van der Waals surface area contributed by atoms with Crippen LogP contribution in [0, 0.1) is 0 Å². The molecular formula is C24H23BrN4O. The van der Waals surface area contributed by atoms with Crippen LogP contribution >= 0.6 is 15.9 Å². The van der Waals surface area contributed by atoms with Crippen LogP contribution in [0.1, 0.15) is 12.0 Å². The van der Waals surface area contributed by atoms with Crippen molar-refractivity contribution < 1.29 is 4.79 Å². The number of aryl methyl sites for hydroxylation is 1. The van der Waals surface area contributed by atoms with Gasteiger partial charge in [0, 0.05) is 43.3 Å². The Bertz CT molecular complexity index is 1200. The topological polar surface area (TPSA) is 40.9 Å². The van der Waals surface area contributed by atoms with Gasteiger partial charge in [-0.3, -0.25) is 4.79 Å². The molecule has 1 aliphatic rings. The van der Waals surface area contributed by atoms with Gasteiger partial charge >= 0.3 is 0 Å². The summed E-state index contributed by atoms with van der Waals surface area (Å²) in [6.07, 6.45) is 3.45. The van der Waals surface area contributed by atoms with Gasteiger partial charge in [0.15, 0.2) is 5.82 Å². The van der Waals surface area contributed by atoms with E-state index in [4.69, 9.17) is 4.98 Å². The Hall–Kier alpha value is -2.86. The molecule has 5 rings (SSSR count). The van der Waals surface area contributed by atoms with E-state index in [1.54, 1.807) is 0 Å². The molecule has 5 nitrogen and oxygen atoms in total. The van der Waals surface area contributed by atoms with Gasteiger partial charge in [-0.2, -0.15) is 0 Å². The third-order valence-corrected chi connectivity index (χ3v) is 6.30. The summed E-state index contributed by atoms with van der Waals surface area (Å²) in [5, 5.41) is 0. The number of aromatic nitrogens is 2. The first kappa shape index (κ1) is 19.1. The molecule has 0 N–H and O–H groups in total. The van der Waals surface area contributed by atoms with Gasteiger partial charge in [0.1, 0.15) is 0 Å². The number of carbonyl (C=O) groups is 1. The zero-order valence-corrected chi connectivity index (χ0v) is 18.3. The van der Waals surface area contributed by atoms with Gasteiger partial charge in [-0.15, -0.1) is 0 Å². The lowest BCUT2D eigenvalue weighted by molar-refractivity contribution is -0.131. The summed E-state index contributed by atoms with van der Waals surface area (Å²) in [5.74, 6) is 1.23. The lowest BCUT2D eigenvalue weighted by Gasteiger charge is -2.36. The molecule has 1 saturated heterocycles. The number of fused-ring (bicyclic) bond motifs is 3. The predicted octanol–water partition coefficient (Wildman–Crippen LogP) is 4.53. The van der Waals surface area contributed by atoms with Gasteiger partial charge in [-0.05, 0) is 42.3 Å². The number of piperazine rings is 1. The Morgan fingerprint density at radius 1 is 0.933 bits per heavy atom. The summed E-state index contributed by atoms with van der Waals surface area (Å²) in [7, 11) is 0. The highest BCUT2D eigenvalue weighted by molar-refractivity contribution is 9.10. The average molecular weight is 463 g/mol. The van der Waals surface area contributed by atoms with Gasteiger partial charge < -0.3 is 14.2 Å². The summed E-state index contributed by atoms with van der Waals surface area (Å²) in [4.78, 5) is 22.0. The Balaban J connectivity index is 1.31. The second-order valence-electron chi connectivity index (χ2n) is 7.69. The molecule has 1 amide bonds. The van der Waals surface area contributed by atoms with Crippen LogP contribution in [0.2, 0.25) is 0 Å². The van der Waals surface area contributed by atoms with E-state index in [0.717, 1.165) is 59.4 Å². The van der Waals surface area contributed by atoms with Crippen molar-refractivity contribution in [3.8, 4) is 0 Å². The van der Waals surface area contributed by atoms with Crippen LogP contribution in [0.5, 0.6) is 0 Å². The maximum absolute atomic E-state index is 12.7. The third kappa shape index (κ3) is 3.67. The van der Waals surface area contributed by atoms with Crippen molar-refractivity contribution in [3.63, 3.8) is 0 Å². The molecule has 6 heteroatoms. The van der Waals surface area contributed by atoms with Crippen molar-refractivity contribution in [1.82, 2.24) is 14.3 Å². The molecule has 0 atom stereocenters. The molecule has 0 radical (unpaired) electrons. The van der Waals surface area contributed by atoms with Crippen LogP contribution in [-0.2, 0) is 11.2 Å². The lowest BCUT2D eigenvalue weighted by atomic mass is 10.1. The highest BCUT2D eigenvalue weighted by Crippen LogP contribution is 2.28. The third-order valence-electron chi connectivity index (χ3n) is 5.80. The lowest BCUT2D eigenvalue weighted by Crippen LogP contribution is -2.49. The average Bonchev–Trinajstić information content (AvgIpc) is 3.27. The molecule has 0 saturated carbocycles. The fourth-order valence-electron chi connectivity index (χ4n) is 4.19. The molecule has 1 aliphatic heterocycles. The van der Waals surface area contributed by atoms with E-state index in [1.807, 2.05) is 29.2 Å². The van der Waals surface area contributed by atoms with Crippen LogP contribution in [0.4, 0.5) is 5.82 Å². The highest BCUT2D eigenvalue weighted by Gasteiger charge is 2.23. The summed E-state index contributed by atoms with van der Waals surface area (Å²) in [6, 6.07) is 20.6. The fourth-order valence-corrected chi connectivity index (χ4v) is 4.54. The van der Waals surface area contributed by atoms with Gasteiger partial charge in [0.05, 0.1) is 16.6 Å². The molecule has 0 spiro atoms. The Kier molecular flexibility index (Phi) is 5.17. The van der Waals surface area contributed by atoms with E-state index in [0.29, 0.717) is 6.42 Å². The molecule has 0 bridgehead atoms. The van der Waals surface area contributed by atoms with Gasteiger partial charge in [-0.1, -0.05) is 46.3 Å². The number of benzene rings is 2. The van der Waals surface area contributed by atoms with Gasteiger partial charge in [0.2, 0.25) is 5.91 Å². The van der Waals surface area contributed by atoms with Crippen LogP contribution in [0.15, 0.2) is 71.3 Å². The molecule has 152 valence electrons. The van der Waals surface area contributed by atoms with E-state index < -0.39 is 0 Å². The summed E-state index contributed by atoms with van der Waals surface area (Å²) >= 11 is 3.56. The minimum atomic E-state index is 0.238. The van der Waals surface area contributed by atoms with Gasteiger partial charge in [0.25, 0.3) is 0 Å². The smallest absolute Gasteiger partial charge is 0.223 e. The van der Waals surface area contributed by atoms with Crippen molar-refractivity contribution in [3.05, 3.63) is 76.9 Å². The molecule has 1 fully saturated rings. The van der Waals surface area contributed by atoms with Crippen LogP contribution in [0.3, 0.4) is 0 Å². The Labute approximate surface area is 184 Å². The van der Waals surface area contributed by atoms with Crippen molar-refractivity contribution in [2.45, 2.75) is 12.8 Å². The van der Waals surface area contributed by atoms with E-state index in [9.17, 15) is 4.79 Å². The van der Waals surface area contributed by atoms with Crippen molar-refractivity contribution in [1.29, 1.82) is 0 Å². The largest absolute Gasteiger partial charge is 0.351 e. The molecular weight excluding hydrogens is 440 g/mol. The van der Waals surface area contributed by atoms with E-state index in [2.05, 4.69) is 67.8 Å². The first-order valence-corrected chi connectivity index (χ1v) is 11.1. The number of anilines is 1. The monoisotopic (exact) mass is 462 g/mol. The molecule has 0 aliphatic carbocycles. The second kappa shape index (κ2) is 8.11. The van der Waals surface area contributed by atoms with Crippen molar-refractivity contribution in [2.75, 3.05) is 31.1 Å². The molecule has 3 heterocycles. The standard InChI is InChI=1S/C24H23BrN4O/c25-19-9-10-21-20(17-19)26-24(22-7-4-12-29(21)22)28-15-13-27(14-16-28)23(30)11-8-18-5-2-1-3-6-18/h1-7,9-10,12,17H,8,11,13-16H2. The molecule has 0 unspecified atom stereocenters. The number of nitrogens with zero attached hydrogens (tertiary/aromatic N) is 4. The molecule has 2 aromatic carbocycles. The molecule has 30 heavy (non-hydrogen) atoms. The minimum Gasteiger partial charge on any atom is -0.351 e. The summed E-state index contributed by atoms with van der Waals surface area (Å²) in [5.41, 5.74) is 4.38. The number of carbonyl (C=O) groups excluding carboxylic acids is 1. The van der Waals surface area contributed by atoms with E-state index in [-0.39, 0.29) is 5.91 Å². The maximum atomic E-state index is 12.7. The zero-order valence-electron chi connectivity index (χ0n) is 16.7. The normalized spacial score (nSPS) is 14.6. The van der Waals surface area contributed by atoms with Crippen LogP contribution in [-0.4, -0.2) is 46.4 Å². The number of amides is 1. The molecule has 2 aromatic heterocycles. The summed E-state index contributed by atoms with van der Waals surface area (Å²) < 4.78 is 3.22. The van der Waals surface area contributed by atoms with Crippen LogP contribution in [0.25, 0.3) is 16.6 Å². The van der Waals surface area contributed by atoms with Crippen LogP contribution < -0.4 is 4.90 Å². The number of halogens is 1. The number of rotatable bonds is 4. The van der Waals surface area contributed by atoms with Crippen molar-refractivity contribution in [2.24, 2.45) is 0 Å². The van der Waals surface area contributed by atoms with E-state index in [1.165, 1.54) is 5.56 Å². The molecule has 4 aromatic rings. The second-order valence-corrected chi connectivity index (χ2v) is 8.60.